The topological polar surface area (TPSA) is 21.3 Å². The maximum atomic E-state index is 5.30. The molecule has 2 heteroatoms. The molecule has 0 saturated heterocycles. The second-order valence-corrected chi connectivity index (χ2v) is 6.52. The third-order valence-corrected chi connectivity index (χ3v) is 4.71. The molecule has 1 N–H and O–H groups in total. The van der Waals surface area contributed by atoms with Crippen LogP contribution in [0.25, 0.3) is 10.8 Å². The van der Waals surface area contributed by atoms with Crippen molar-refractivity contribution in [2.75, 3.05) is 19.0 Å². The normalized spacial score (nSPS) is 12.2. The highest BCUT2D eigenvalue weighted by atomic mass is 16.5. The maximum Gasteiger partial charge on any atom is 0.119 e. The average molecular weight is 319 g/mol. The second kappa shape index (κ2) is 6.96. The smallest absolute Gasteiger partial charge is 0.119 e. The first-order valence-corrected chi connectivity index (χ1v) is 8.46. The fourth-order valence-electron chi connectivity index (χ4n) is 3.14. The number of ether oxygens (including phenoxy) is 1. The van der Waals surface area contributed by atoms with Crippen molar-refractivity contribution < 1.29 is 4.74 Å². The molecule has 3 aromatic rings. The van der Waals surface area contributed by atoms with Gasteiger partial charge in [-0.3, -0.25) is 0 Å². The van der Waals surface area contributed by atoms with Crippen molar-refractivity contribution >= 4 is 16.5 Å². The van der Waals surface area contributed by atoms with Crippen molar-refractivity contribution in [3.05, 3.63) is 71.3 Å². The van der Waals surface area contributed by atoms with Crippen molar-refractivity contribution in [1.29, 1.82) is 0 Å². The van der Waals surface area contributed by atoms with E-state index in [4.69, 9.17) is 4.74 Å². The van der Waals surface area contributed by atoms with E-state index in [1.165, 1.54) is 33.2 Å². The van der Waals surface area contributed by atoms with E-state index in [2.05, 4.69) is 74.6 Å². The zero-order chi connectivity index (χ0) is 17.1. The van der Waals surface area contributed by atoms with E-state index in [0.29, 0.717) is 5.92 Å². The number of rotatable bonds is 5. The number of fused-ring (bicyclic) bond motifs is 1. The first-order valence-electron chi connectivity index (χ1n) is 8.46. The third kappa shape index (κ3) is 3.38. The zero-order valence-electron chi connectivity index (χ0n) is 14.9. The van der Waals surface area contributed by atoms with Gasteiger partial charge in [-0.1, -0.05) is 49.4 Å². The summed E-state index contributed by atoms with van der Waals surface area (Å²) < 4.78 is 5.30. The van der Waals surface area contributed by atoms with Crippen LogP contribution in [0.2, 0.25) is 0 Å². The van der Waals surface area contributed by atoms with Crippen molar-refractivity contribution in [2.24, 2.45) is 0 Å². The van der Waals surface area contributed by atoms with Gasteiger partial charge in [0.2, 0.25) is 0 Å². The van der Waals surface area contributed by atoms with Gasteiger partial charge in [-0.2, -0.15) is 0 Å². The number of hydrogen-bond acceptors (Lipinski definition) is 2. The van der Waals surface area contributed by atoms with Crippen LogP contribution in [-0.4, -0.2) is 13.7 Å². The van der Waals surface area contributed by atoms with Gasteiger partial charge in [0.1, 0.15) is 5.75 Å². The summed E-state index contributed by atoms with van der Waals surface area (Å²) in [5.41, 5.74) is 5.21. The molecule has 24 heavy (non-hydrogen) atoms. The second-order valence-electron chi connectivity index (χ2n) is 6.52. The molecule has 0 fully saturated rings. The zero-order valence-corrected chi connectivity index (χ0v) is 14.9. The Kier molecular flexibility index (Phi) is 4.75. The molecule has 0 bridgehead atoms. The van der Waals surface area contributed by atoms with Crippen LogP contribution in [-0.2, 0) is 0 Å². The molecule has 0 aliphatic rings. The Morgan fingerprint density at radius 1 is 0.917 bits per heavy atom. The van der Waals surface area contributed by atoms with Crippen LogP contribution in [0.5, 0.6) is 5.75 Å². The number of anilines is 1. The molecule has 0 aliphatic heterocycles. The summed E-state index contributed by atoms with van der Waals surface area (Å²) in [5.74, 6) is 1.34. The minimum absolute atomic E-state index is 0.440. The highest BCUT2D eigenvalue weighted by molar-refractivity contribution is 5.84. The van der Waals surface area contributed by atoms with Crippen molar-refractivity contribution in [3.8, 4) is 5.75 Å². The van der Waals surface area contributed by atoms with Crippen LogP contribution in [0.4, 0.5) is 5.69 Å². The van der Waals surface area contributed by atoms with Crippen LogP contribution < -0.4 is 10.1 Å². The summed E-state index contributed by atoms with van der Waals surface area (Å²) in [6.07, 6.45) is 0. The predicted molar refractivity (Wildman–Crippen MR) is 103 cm³/mol. The molecule has 3 aromatic carbocycles. The van der Waals surface area contributed by atoms with Crippen LogP contribution >= 0.6 is 0 Å². The molecule has 0 aromatic heterocycles. The van der Waals surface area contributed by atoms with Crippen LogP contribution in [0.3, 0.4) is 0 Å². The molecule has 0 radical (unpaired) electrons. The molecule has 1 unspecified atom stereocenters. The molecular weight excluding hydrogens is 294 g/mol. The first-order chi connectivity index (χ1) is 11.6. The lowest BCUT2D eigenvalue weighted by molar-refractivity contribution is 0.415. The number of benzene rings is 3. The lowest BCUT2D eigenvalue weighted by atomic mass is 9.97. The Morgan fingerprint density at radius 2 is 1.58 bits per heavy atom. The standard InChI is InChI=1S/C22H25NO/c1-15-6-5-7-16(2)22(15)23-14-17(3)18-8-9-20-13-21(24-4)11-10-19(20)12-18/h5-13,17,23H,14H2,1-4H3. The highest BCUT2D eigenvalue weighted by Crippen LogP contribution is 2.26. The summed E-state index contributed by atoms with van der Waals surface area (Å²) in [5, 5.41) is 6.10. The van der Waals surface area contributed by atoms with Gasteiger partial charge in [0.25, 0.3) is 0 Å². The van der Waals surface area contributed by atoms with Gasteiger partial charge in [-0.05, 0) is 59.4 Å². The minimum Gasteiger partial charge on any atom is -0.497 e. The number of nitrogens with one attached hydrogen (secondary N) is 1. The van der Waals surface area contributed by atoms with E-state index in [-0.39, 0.29) is 0 Å². The van der Waals surface area contributed by atoms with Gasteiger partial charge in [-0.25, -0.2) is 0 Å². The summed E-state index contributed by atoms with van der Waals surface area (Å²) in [7, 11) is 1.71. The molecule has 0 spiro atoms. The van der Waals surface area contributed by atoms with Crippen molar-refractivity contribution in [3.63, 3.8) is 0 Å². The van der Waals surface area contributed by atoms with Crippen molar-refractivity contribution in [2.45, 2.75) is 26.7 Å². The number of aryl methyl sites for hydroxylation is 2. The van der Waals surface area contributed by atoms with E-state index in [1.807, 2.05) is 6.07 Å². The van der Waals surface area contributed by atoms with E-state index in [9.17, 15) is 0 Å². The predicted octanol–water partition coefficient (Wildman–Crippen LogP) is 5.68. The minimum atomic E-state index is 0.440. The number of hydrogen-bond donors (Lipinski definition) is 1. The third-order valence-electron chi connectivity index (χ3n) is 4.71. The summed E-state index contributed by atoms with van der Waals surface area (Å²) in [6, 6.07) is 19.3. The molecule has 2 nitrogen and oxygen atoms in total. The van der Waals surface area contributed by atoms with Gasteiger partial charge in [-0.15, -0.1) is 0 Å². The molecular formula is C22H25NO. The highest BCUT2D eigenvalue weighted by Gasteiger charge is 2.09. The number of methoxy groups -OCH3 is 1. The average Bonchev–Trinajstić information content (AvgIpc) is 2.60. The van der Waals surface area contributed by atoms with E-state index in [1.54, 1.807) is 7.11 Å². The van der Waals surface area contributed by atoms with Crippen LogP contribution in [0.1, 0.15) is 29.5 Å². The number of para-hydroxylation sites is 1. The summed E-state index contributed by atoms with van der Waals surface area (Å²) in [6.45, 7) is 7.51. The molecule has 1 atom stereocenters. The Bertz CT molecular complexity index is 833. The fourth-order valence-corrected chi connectivity index (χ4v) is 3.14. The molecule has 3 rings (SSSR count). The quantitative estimate of drug-likeness (QED) is 0.653. The SMILES string of the molecule is COc1ccc2cc(C(C)CNc3c(C)cccc3C)ccc2c1. The largest absolute Gasteiger partial charge is 0.497 e. The lowest BCUT2D eigenvalue weighted by Crippen LogP contribution is -2.11. The molecule has 124 valence electrons. The Labute approximate surface area is 144 Å². The van der Waals surface area contributed by atoms with E-state index < -0.39 is 0 Å². The van der Waals surface area contributed by atoms with E-state index in [0.717, 1.165) is 12.3 Å². The molecule has 0 heterocycles. The van der Waals surface area contributed by atoms with Crippen LogP contribution in [0.15, 0.2) is 54.6 Å². The summed E-state index contributed by atoms with van der Waals surface area (Å²) in [4.78, 5) is 0. The Balaban J connectivity index is 1.77. The monoisotopic (exact) mass is 319 g/mol. The first kappa shape index (κ1) is 16.4. The molecule has 0 aliphatic carbocycles. The van der Waals surface area contributed by atoms with E-state index >= 15 is 0 Å². The van der Waals surface area contributed by atoms with Crippen molar-refractivity contribution in [1.82, 2.24) is 0 Å². The van der Waals surface area contributed by atoms with Gasteiger partial charge in [0, 0.05) is 12.2 Å². The Morgan fingerprint density at radius 3 is 2.29 bits per heavy atom. The van der Waals surface area contributed by atoms with Gasteiger partial charge >= 0.3 is 0 Å². The van der Waals surface area contributed by atoms with Crippen LogP contribution in [0, 0.1) is 13.8 Å². The van der Waals surface area contributed by atoms with Gasteiger partial charge in [0.15, 0.2) is 0 Å². The molecule has 0 amide bonds. The molecule has 0 saturated carbocycles. The fraction of sp³-hybridized carbons (Fsp3) is 0.273. The maximum absolute atomic E-state index is 5.30. The summed E-state index contributed by atoms with van der Waals surface area (Å²) >= 11 is 0. The lowest BCUT2D eigenvalue weighted by Gasteiger charge is -2.18. The van der Waals surface area contributed by atoms with Gasteiger partial charge < -0.3 is 10.1 Å². The Hall–Kier alpha value is -2.48. The van der Waals surface area contributed by atoms with Gasteiger partial charge in [0.05, 0.1) is 7.11 Å².